The van der Waals surface area contributed by atoms with Crippen LogP contribution in [-0.2, 0) is 14.3 Å². The molecule has 4 rings (SSSR count). The zero-order chi connectivity index (χ0) is 21.5. The lowest BCUT2D eigenvalue weighted by molar-refractivity contribution is -0.118. The van der Waals surface area contributed by atoms with Gasteiger partial charge < -0.3 is 26.4 Å². The number of rotatable bonds is 5. The van der Waals surface area contributed by atoms with Crippen LogP contribution in [0.5, 0.6) is 0 Å². The first-order valence-corrected chi connectivity index (χ1v) is 11.5. The lowest BCUT2D eigenvalue weighted by Crippen LogP contribution is -2.18. The van der Waals surface area contributed by atoms with Gasteiger partial charge in [0.05, 0.1) is 12.2 Å². The smallest absolute Gasteiger partial charge is 0.217 e. The van der Waals surface area contributed by atoms with Crippen LogP contribution in [0.2, 0.25) is 0 Å². The van der Waals surface area contributed by atoms with E-state index in [1.165, 1.54) is 44.9 Å². The number of hydrogen-bond acceptors (Lipinski definition) is 6. The summed E-state index contributed by atoms with van der Waals surface area (Å²) >= 11 is 0. The van der Waals surface area contributed by atoms with Gasteiger partial charge in [-0.05, 0) is 43.9 Å². The number of hydrazine groups is 1. The molecule has 4 fully saturated rings. The third-order valence-electron chi connectivity index (χ3n) is 5.59. The number of amides is 1. The average molecular weight is 413 g/mol. The van der Waals surface area contributed by atoms with Crippen molar-refractivity contribution in [2.75, 3.05) is 13.2 Å². The Morgan fingerprint density at radius 3 is 1.79 bits per heavy atom. The van der Waals surface area contributed by atoms with Gasteiger partial charge in [-0.25, -0.2) is 0 Å². The molecule has 7 N–H and O–H groups in total. The van der Waals surface area contributed by atoms with Crippen molar-refractivity contribution < 1.29 is 14.3 Å². The molecule has 0 spiro atoms. The summed E-state index contributed by atoms with van der Waals surface area (Å²) in [5, 5.41) is 0. The fourth-order valence-electron chi connectivity index (χ4n) is 3.92. The number of nitrogens with one attached hydrogen (secondary N) is 1. The van der Waals surface area contributed by atoms with Gasteiger partial charge in [0.15, 0.2) is 0 Å². The lowest BCUT2D eigenvalue weighted by atomic mass is 9.86. The molecule has 0 radical (unpaired) electrons. The summed E-state index contributed by atoms with van der Waals surface area (Å²) in [7, 11) is 0. The summed E-state index contributed by atoms with van der Waals surface area (Å²) in [5.41, 5.74) is 14.0. The van der Waals surface area contributed by atoms with Gasteiger partial charge in [0.1, 0.15) is 0 Å². The van der Waals surface area contributed by atoms with Crippen molar-refractivity contribution in [3.05, 3.63) is 11.9 Å². The van der Waals surface area contributed by atoms with Gasteiger partial charge in [0, 0.05) is 31.5 Å². The van der Waals surface area contributed by atoms with Gasteiger partial charge in [-0.3, -0.25) is 10.6 Å². The maximum absolute atomic E-state index is 10.1. The van der Waals surface area contributed by atoms with E-state index in [1.54, 1.807) is 6.20 Å². The Kier molecular flexibility index (Phi) is 13.8. The molecule has 7 nitrogen and oxygen atoms in total. The first-order valence-electron chi connectivity index (χ1n) is 11.5. The second-order valence-electron chi connectivity index (χ2n) is 8.10. The van der Waals surface area contributed by atoms with Crippen molar-refractivity contribution in [3.63, 3.8) is 0 Å². The van der Waals surface area contributed by atoms with Gasteiger partial charge in [0.2, 0.25) is 5.91 Å². The summed E-state index contributed by atoms with van der Waals surface area (Å²) in [5.74, 6) is 6.42. The van der Waals surface area contributed by atoms with Crippen molar-refractivity contribution in [1.82, 2.24) is 5.43 Å². The first-order chi connectivity index (χ1) is 14.1. The minimum Gasteiger partial charge on any atom is -0.401 e. The Morgan fingerprint density at radius 2 is 1.38 bits per heavy atom. The summed E-state index contributed by atoms with van der Waals surface area (Å²) < 4.78 is 10.7. The second kappa shape index (κ2) is 15.5. The number of allylic oxidation sites excluding steroid dienone is 1. The lowest BCUT2D eigenvalue weighted by Gasteiger charge is -2.21. The highest BCUT2D eigenvalue weighted by atomic mass is 16.6. The summed E-state index contributed by atoms with van der Waals surface area (Å²) in [6.07, 6.45) is 15.7. The highest BCUT2D eigenvalue weighted by Crippen LogP contribution is 2.31. The Morgan fingerprint density at radius 1 is 0.862 bits per heavy atom. The highest BCUT2D eigenvalue weighted by Gasteiger charge is 2.33. The van der Waals surface area contributed by atoms with Crippen LogP contribution in [0.4, 0.5) is 0 Å². The van der Waals surface area contributed by atoms with E-state index in [2.05, 4.69) is 5.43 Å². The van der Waals surface area contributed by atoms with Crippen LogP contribution in [0.1, 0.15) is 84.5 Å². The van der Waals surface area contributed by atoms with E-state index < -0.39 is 0 Å². The zero-order valence-corrected chi connectivity index (χ0v) is 18.5. The molecule has 0 aromatic heterocycles. The Hall–Kier alpha value is -1.31. The normalized spacial score (nSPS) is 26.0. The van der Waals surface area contributed by atoms with Crippen LogP contribution in [-0.4, -0.2) is 31.3 Å². The molecule has 4 aliphatic rings. The van der Waals surface area contributed by atoms with Crippen LogP contribution in [0.3, 0.4) is 0 Å². The van der Waals surface area contributed by atoms with E-state index in [1.807, 2.05) is 13.8 Å². The molecule has 2 aliphatic carbocycles. The van der Waals surface area contributed by atoms with E-state index in [4.69, 9.17) is 26.8 Å². The molecule has 7 heteroatoms. The van der Waals surface area contributed by atoms with E-state index in [0.29, 0.717) is 24.5 Å². The largest absolute Gasteiger partial charge is 0.401 e. The molecule has 2 saturated carbocycles. The number of fused-ring (bicyclic) bond motifs is 1. The van der Waals surface area contributed by atoms with Gasteiger partial charge >= 0.3 is 0 Å². The third-order valence-corrected chi connectivity index (χ3v) is 5.59. The standard InChI is InChI=1S/C9H19N3.C6H10O2.C5H9NO.C2H6/c10-9(7-12-11)6-8-4-2-1-3-5-8;1-3-7-6-2-4-8-5(1)6;6-5(7)3-4-1-2-4;1-2/h7-8,12H,1-6,10-11H2;5-6H,1-4H2;4H,1-3H2,(H2,6,7);1-2H3/b9-7-;;;. The summed E-state index contributed by atoms with van der Waals surface area (Å²) in [6, 6.07) is 0. The minimum atomic E-state index is -0.150. The zero-order valence-electron chi connectivity index (χ0n) is 18.5. The van der Waals surface area contributed by atoms with Gasteiger partial charge in [0.25, 0.3) is 0 Å². The molecule has 170 valence electrons. The van der Waals surface area contributed by atoms with Crippen molar-refractivity contribution in [3.8, 4) is 0 Å². The van der Waals surface area contributed by atoms with Crippen LogP contribution >= 0.6 is 0 Å². The third kappa shape index (κ3) is 12.1. The molecule has 2 heterocycles. The molecule has 0 bridgehead atoms. The molecule has 29 heavy (non-hydrogen) atoms. The number of carbonyl (C=O) groups is 1. The van der Waals surface area contributed by atoms with Crippen molar-refractivity contribution in [2.24, 2.45) is 29.1 Å². The van der Waals surface area contributed by atoms with Crippen molar-refractivity contribution >= 4 is 5.91 Å². The fraction of sp³-hybridized carbons (Fsp3) is 0.864. The Labute approximate surface area is 177 Å². The topological polar surface area (TPSA) is 126 Å². The SMILES string of the molecule is C1CC2OCCC2O1.CC.NC(=O)CC1CC1.NN/C=C(\N)CC1CCCCC1. The molecule has 0 aromatic rings. The first kappa shape index (κ1) is 25.7. The fourth-order valence-corrected chi connectivity index (χ4v) is 3.92. The van der Waals surface area contributed by atoms with Crippen LogP contribution < -0.4 is 22.7 Å². The van der Waals surface area contributed by atoms with Crippen molar-refractivity contribution in [2.45, 2.75) is 96.7 Å². The average Bonchev–Trinajstić information content (AvgIpc) is 3.21. The molecule has 2 aliphatic heterocycles. The van der Waals surface area contributed by atoms with Crippen LogP contribution in [0, 0.1) is 11.8 Å². The van der Waals surface area contributed by atoms with E-state index in [-0.39, 0.29) is 5.91 Å². The predicted octanol–water partition coefficient (Wildman–Crippen LogP) is 3.08. The maximum Gasteiger partial charge on any atom is 0.217 e. The van der Waals surface area contributed by atoms with Crippen LogP contribution in [0.15, 0.2) is 11.9 Å². The van der Waals surface area contributed by atoms with E-state index >= 15 is 0 Å². The Bertz CT molecular complexity index is 443. The number of nitrogens with two attached hydrogens (primary N) is 3. The Balaban J connectivity index is 0.000000216. The monoisotopic (exact) mass is 412 g/mol. The van der Waals surface area contributed by atoms with E-state index in [9.17, 15) is 4.79 Å². The molecular formula is C22H44N4O3. The van der Waals surface area contributed by atoms with Crippen LogP contribution in [0.25, 0.3) is 0 Å². The van der Waals surface area contributed by atoms with Gasteiger partial charge in [-0.2, -0.15) is 0 Å². The highest BCUT2D eigenvalue weighted by molar-refractivity contribution is 5.74. The summed E-state index contributed by atoms with van der Waals surface area (Å²) in [4.78, 5) is 10.1. The molecular weight excluding hydrogens is 368 g/mol. The molecule has 2 unspecified atom stereocenters. The van der Waals surface area contributed by atoms with Gasteiger partial charge in [-0.1, -0.05) is 46.0 Å². The van der Waals surface area contributed by atoms with Crippen molar-refractivity contribution in [1.29, 1.82) is 0 Å². The maximum atomic E-state index is 10.1. The molecule has 2 atom stereocenters. The molecule has 0 aromatic carbocycles. The quantitative estimate of drug-likeness (QED) is 0.406. The molecule has 2 saturated heterocycles. The minimum absolute atomic E-state index is 0.150. The molecule has 1 amide bonds. The number of carbonyl (C=O) groups excluding carboxylic acids is 1. The number of hydrogen-bond donors (Lipinski definition) is 4. The van der Waals surface area contributed by atoms with E-state index in [0.717, 1.165) is 44.1 Å². The summed E-state index contributed by atoms with van der Waals surface area (Å²) in [6.45, 7) is 5.82. The predicted molar refractivity (Wildman–Crippen MR) is 117 cm³/mol. The van der Waals surface area contributed by atoms with Gasteiger partial charge in [-0.15, -0.1) is 0 Å². The second-order valence-corrected chi connectivity index (χ2v) is 8.10. The number of primary amides is 1. The number of ether oxygens (including phenoxy) is 2.